The van der Waals surface area contributed by atoms with Crippen molar-refractivity contribution in [1.29, 1.82) is 0 Å². The first-order valence-corrected chi connectivity index (χ1v) is 8.43. The van der Waals surface area contributed by atoms with Gasteiger partial charge in [-0.1, -0.05) is 29.4 Å². The van der Waals surface area contributed by atoms with Crippen LogP contribution < -0.4 is 0 Å². The fourth-order valence-electron chi connectivity index (χ4n) is 3.28. The molecule has 0 atom stereocenters. The normalized spacial score (nSPS) is 20.0. The summed E-state index contributed by atoms with van der Waals surface area (Å²) in [5.74, 6) is 0.635. The van der Waals surface area contributed by atoms with E-state index in [1.807, 2.05) is 19.1 Å². The summed E-state index contributed by atoms with van der Waals surface area (Å²) < 4.78 is 5.02. The Morgan fingerprint density at radius 3 is 2.46 bits per heavy atom. The molecule has 1 saturated carbocycles. The summed E-state index contributed by atoms with van der Waals surface area (Å²) in [4.78, 5) is 25.9. The Hall–Kier alpha value is -2.33. The molecule has 0 bridgehead atoms. The van der Waals surface area contributed by atoms with Crippen molar-refractivity contribution >= 4 is 11.8 Å². The summed E-state index contributed by atoms with van der Waals surface area (Å²) in [6, 6.07) is 7.57. The minimum absolute atomic E-state index is 0.0937. The highest BCUT2D eigenvalue weighted by atomic mass is 16.5. The van der Waals surface area contributed by atoms with Gasteiger partial charge in [0.25, 0.3) is 0 Å². The van der Waals surface area contributed by atoms with Crippen LogP contribution in [0.1, 0.15) is 60.9 Å². The van der Waals surface area contributed by atoms with Gasteiger partial charge in [-0.05, 0) is 55.5 Å². The Balaban J connectivity index is 1.86. The molecule has 0 heterocycles. The maximum Gasteiger partial charge on any atom is 0.306 e. The van der Waals surface area contributed by atoms with Crippen LogP contribution in [0.3, 0.4) is 0 Å². The number of hydrogen-bond donors (Lipinski definition) is 0. The van der Waals surface area contributed by atoms with Crippen molar-refractivity contribution in [3.63, 3.8) is 0 Å². The monoisotopic (exact) mass is 329 g/mol. The number of esters is 1. The number of azide groups is 1. The predicted octanol–water partition coefficient (Wildman–Crippen LogP) is 4.41. The first-order valence-electron chi connectivity index (χ1n) is 8.43. The molecule has 24 heavy (non-hydrogen) atoms. The summed E-state index contributed by atoms with van der Waals surface area (Å²) in [7, 11) is 0. The maximum atomic E-state index is 11.8. The fourth-order valence-corrected chi connectivity index (χ4v) is 3.28. The number of nitrogens with zero attached hydrogens (tertiary/aromatic N) is 3. The van der Waals surface area contributed by atoms with Crippen molar-refractivity contribution in [2.24, 2.45) is 11.0 Å². The lowest BCUT2D eigenvalue weighted by Crippen LogP contribution is -2.18. The second kappa shape index (κ2) is 9.08. The topological polar surface area (TPSA) is 92.1 Å². The van der Waals surface area contributed by atoms with Crippen LogP contribution in [0, 0.1) is 5.92 Å². The third kappa shape index (κ3) is 5.10. The number of ether oxygens (including phenoxy) is 1. The third-order valence-electron chi connectivity index (χ3n) is 4.59. The molecule has 0 aliphatic heterocycles. The minimum Gasteiger partial charge on any atom is -0.466 e. The summed E-state index contributed by atoms with van der Waals surface area (Å²) in [5, 5.41) is 3.30. The smallest absolute Gasteiger partial charge is 0.306 e. The van der Waals surface area contributed by atoms with E-state index in [9.17, 15) is 9.59 Å². The number of hydrogen-bond acceptors (Lipinski definition) is 4. The molecule has 0 radical (unpaired) electrons. The van der Waals surface area contributed by atoms with E-state index < -0.39 is 0 Å². The van der Waals surface area contributed by atoms with E-state index >= 15 is 0 Å². The van der Waals surface area contributed by atoms with Gasteiger partial charge >= 0.3 is 5.97 Å². The number of Topliss-reactive ketones (excluding diaryl/α,β-unsaturated/α-hetero) is 1. The second-order valence-electron chi connectivity index (χ2n) is 6.16. The molecule has 1 aromatic carbocycles. The minimum atomic E-state index is -0.169. The number of carbonyl (C=O) groups is 2. The van der Waals surface area contributed by atoms with Crippen LogP contribution in [-0.4, -0.2) is 24.9 Å². The van der Waals surface area contributed by atoms with E-state index in [-0.39, 0.29) is 18.3 Å². The first-order chi connectivity index (χ1) is 11.6. The molecule has 1 aliphatic rings. The Morgan fingerprint density at radius 2 is 1.88 bits per heavy atom. The average Bonchev–Trinajstić information content (AvgIpc) is 2.60. The molecule has 1 aliphatic carbocycles. The molecule has 128 valence electrons. The van der Waals surface area contributed by atoms with Crippen molar-refractivity contribution in [2.75, 3.05) is 13.2 Å². The molecule has 0 amide bonds. The van der Waals surface area contributed by atoms with Gasteiger partial charge in [-0.15, -0.1) is 0 Å². The maximum absolute atomic E-state index is 11.8. The summed E-state index contributed by atoms with van der Waals surface area (Å²) in [6.07, 6.45) is 4.68. The number of carbonyl (C=O) groups excluding carboxylic acids is 2. The Bertz CT molecular complexity index is 613. The lowest BCUT2D eigenvalue weighted by atomic mass is 9.77. The molecule has 0 spiro atoms. The van der Waals surface area contributed by atoms with Crippen LogP contribution in [-0.2, 0) is 9.53 Å². The van der Waals surface area contributed by atoms with E-state index in [1.165, 1.54) is 5.56 Å². The highest BCUT2D eigenvalue weighted by Crippen LogP contribution is 2.37. The standard InChI is InChI=1S/C18H23N3O3/c1-2-24-18(23)11-13-3-5-14(6-4-13)15-7-9-16(10-8-15)17(22)12-20-21-19/h7-10,13-14H,2-6,11-12H2,1H3. The number of rotatable bonds is 7. The van der Waals surface area contributed by atoms with Crippen molar-refractivity contribution in [3.05, 3.63) is 45.8 Å². The molecular weight excluding hydrogens is 306 g/mol. The summed E-state index contributed by atoms with van der Waals surface area (Å²) >= 11 is 0. The average molecular weight is 329 g/mol. The van der Waals surface area contributed by atoms with E-state index in [4.69, 9.17) is 10.3 Å². The zero-order valence-electron chi connectivity index (χ0n) is 14.0. The van der Waals surface area contributed by atoms with E-state index in [2.05, 4.69) is 10.0 Å². The van der Waals surface area contributed by atoms with Gasteiger partial charge < -0.3 is 4.74 Å². The van der Waals surface area contributed by atoms with E-state index in [0.29, 0.717) is 30.4 Å². The van der Waals surface area contributed by atoms with Crippen molar-refractivity contribution < 1.29 is 14.3 Å². The van der Waals surface area contributed by atoms with E-state index in [0.717, 1.165) is 25.7 Å². The van der Waals surface area contributed by atoms with Gasteiger partial charge in [0.05, 0.1) is 13.2 Å². The van der Waals surface area contributed by atoms with E-state index in [1.54, 1.807) is 12.1 Å². The second-order valence-corrected chi connectivity index (χ2v) is 6.16. The molecule has 6 heteroatoms. The zero-order chi connectivity index (χ0) is 17.4. The molecule has 0 unspecified atom stereocenters. The van der Waals surface area contributed by atoms with Crippen LogP contribution in [0.25, 0.3) is 10.4 Å². The molecular formula is C18H23N3O3. The van der Waals surface area contributed by atoms with Gasteiger partial charge in [0.15, 0.2) is 5.78 Å². The molecule has 0 aromatic heterocycles. The van der Waals surface area contributed by atoms with Gasteiger partial charge in [-0.25, -0.2) is 0 Å². The number of ketones is 1. The summed E-state index contributed by atoms with van der Waals surface area (Å²) in [6.45, 7) is 2.13. The van der Waals surface area contributed by atoms with Gasteiger partial charge in [0.1, 0.15) is 0 Å². The largest absolute Gasteiger partial charge is 0.466 e. The highest BCUT2D eigenvalue weighted by molar-refractivity contribution is 5.97. The molecule has 2 rings (SSSR count). The highest BCUT2D eigenvalue weighted by Gasteiger charge is 2.24. The van der Waals surface area contributed by atoms with Gasteiger partial charge in [-0.2, -0.15) is 0 Å². The van der Waals surface area contributed by atoms with Gasteiger partial charge in [0.2, 0.25) is 0 Å². The lowest BCUT2D eigenvalue weighted by molar-refractivity contribution is -0.144. The van der Waals surface area contributed by atoms with Crippen LogP contribution in [0.4, 0.5) is 0 Å². The van der Waals surface area contributed by atoms with Crippen LogP contribution >= 0.6 is 0 Å². The Labute approximate surface area is 141 Å². The molecule has 0 saturated heterocycles. The fraction of sp³-hybridized carbons (Fsp3) is 0.556. The van der Waals surface area contributed by atoms with Crippen LogP contribution in [0.15, 0.2) is 29.4 Å². The van der Waals surface area contributed by atoms with Gasteiger partial charge in [-0.3, -0.25) is 9.59 Å². The molecule has 0 N–H and O–H groups in total. The van der Waals surface area contributed by atoms with Crippen LogP contribution in [0.2, 0.25) is 0 Å². The predicted molar refractivity (Wildman–Crippen MR) is 90.7 cm³/mol. The zero-order valence-corrected chi connectivity index (χ0v) is 14.0. The van der Waals surface area contributed by atoms with Crippen molar-refractivity contribution in [2.45, 2.75) is 44.9 Å². The Morgan fingerprint density at radius 1 is 1.21 bits per heavy atom. The quantitative estimate of drug-likeness (QED) is 0.244. The molecule has 1 aromatic rings. The van der Waals surface area contributed by atoms with Crippen molar-refractivity contribution in [1.82, 2.24) is 0 Å². The van der Waals surface area contributed by atoms with Crippen molar-refractivity contribution in [3.8, 4) is 0 Å². The third-order valence-corrected chi connectivity index (χ3v) is 4.59. The van der Waals surface area contributed by atoms with Gasteiger partial charge in [0, 0.05) is 16.9 Å². The first kappa shape index (κ1) is 18.0. The lowest BCUT2D eigenvalue weighted by Gasteiger charge is -2.28. The Kier molecular flexibility index (Phi) is 6.82. The summed E-state index contributed by atoms with van der Waals surface area (Å²) in [5.41, 5.74) is 10.1. The molecule has 6 nitrogen and oxygen atoms in total. The number of benzene rings is 1. The SMILES string of the molecule is CCOC(=O)CC1CCC(c2ccc(C(=O)CN=[N+]=[N-])cc2)CC1. The molecule has 1 fully saturated rings. The van der Waals surface area contributed by atoms with Crippen LogP contribution in [0.5, 0.6) is 0 Å².